The number of hydrogen-bond acceptors (Lipinski definition) is 2. The van der Waals surface area contributed by atoms with Gasteiger partial charge >= 0.3 is 12.1 Å². The number of hydrogen-bond donors (Lipinski definition) is 0. The van der Waals surface area contributed by atoms with Crippen molar-refractivity contribution in [3.8, 4) is 0 Å². The standard InChI is InChI=1S/C17H17BrF3NO2/c1-2-3-11-9-15-12(6-7-22(11)16(23)17(19,20)21)13-8-10(18)4-5-14(13)24-15/h4-5,8,11H,2-3,6-7,9H2,1H3. The number of amides is 1. The van der Waals surface area contributed by atoms with Gasteiger partial charge in [-0.25, -0.2) is 0 Å². The Balaban J connectivity index is 1.99. The van der Waals surface area contributed by atoms with E-state index in [1.807, 2.05) is 25.1 Å². The van der Waals surface area contributed by atoms with Crippen molar-refractivity contribution in [1.29, 1.82) is 0 Å². The van der Waals surface area contributed by atoms with Gasteiger partial charge in [0.2, 0.25) is 0 Å². The molecule has 1 atom stereocenters. The SMILES string of the molecule is CCCC1Cc2oc3ccc(Br)cc3c2CCN1C(=O)C(F)(F)F. The van der Waals surface area contributed by atoms with Gasteiger partial charge in [-0.05, 0) is 31.0 Å². The molecule has 0 radical (unpaired) electrons. The number of fused-ring (bicyclic) bond motifs is 3. The molecule has 2 aromatic rings. The quantitative estimate of drug-likeness (QED) is 0.717. The van der Waals surface area contributed by atoms with Gasteiger partial charge in [-0.2, -0.15) is 13.2 Å². The molecule has 1 amide bonds. The lowest BCUT2D eigenvalue weighted by Gasteiger charge is -2.30. The molecule has 1 aliphatic rings. The maximum Gasteiger partial charge on any atom is 0.471 e. The first-order chi connectivity index (χ1) is 11.3. The fraction of sp³-hybridized carbons (Fsp3) is 0.471. The van der Waals surface area contributed by atoms with Gasteiger partial charge in [0, 0.05) is 34.4 Å². The van der Waals surface area contributed by atoms with E-state index in [1.165, 1.54) is 0 Å². The molecule has 7 heteroatoms. The Labute approximate surface area is 145 Å². The molecule has 1 aromatic heterocycles. The predicted octanol–water partition coefficient (Wildman–Crippen LogP) is 4.85. The van der Waals surface area contributed by atoms with Crippen molar-refractivity contribution in [3.63, 3.8) is 0 Å². The molecule has 3 rings (SSSR count). The Kier molecular flexibility index (Phi) is 4.64. The van der Waals surface area contributed by atoms with Crippen molar-refractivity contribution in [2.45, 2.75) is 44.8 Å². The topological polar surface area (TPSA) is 33.5 Å². The van der Waals surface area contributed by atoms with Crippen LogP contribution in [0.15, 0.2) is 27.1 Å². The summed E-state index contributed by atoms with van der Waals surface area (Å²) in [7, 11) is 0. The van der Waals surface area contributed by atoms with E-state index < -0.39 is 18.1 Å². The van der Waals surface area contributed by atoms with Crippen molar-refractivity contribution < 1.29 is 22.4 Å². The van der Waals surface area contributed by atoms with Crippen LogP contribution < -0.4 is 0 Å². The minimum atomic E-state index is -4.84. The second kappa shape index (κ2) is 6.43. The molecule has 1 unspecified atom stereocenters. The first kappa shape index (κ1) is 17.3. The van der Waals surface area contributed by atoms with Crippen LogP contribution in [0.25, 0.3) is 11.0 Å². The highest BCUT2D eigenvalue weighted by Crippen LogP contribution is 2.34. The number of carbonyl (C=O) groups is 1. The summed E-state index contributed by atoms with van der Waals surface area (Å²) in [5.41, 5.74) is 1.64. The number of benzene rings is 1. The fourth-order valence-electron chi connectivity index (χ4n) is 3.37. The molecule has 1 aromatic carbocycles. The molecule has 24 heavy (non-hydrogen) atoms. The highest BCUT2D eigenvalue weighted by Gasteiger charge is 2.45. The molecule has 0 N–H and O–H groups in total. The van der Waals surface area contributed by atoms with Crippen LogP contribution in [0.5, 0.6) is 0 Å². The molecule has 0 spiro atoms. The lowest BCUT2D eigenvalue weighted by molar-refractivity contribution is -0.187. The second-order valence-corrected chi connectivity index (χ2v) is 6.95. The Bertz CT molecular complexity index is 769. The van der Waals surface area contributed by atoms with E-state index in [-0.39, 0.29) is 6.54 Å². The van der Waals surface area contributed by atoms with Crippen molar-refractivity contribution in [2.24, 2.45) is 0 Å². The van der Waals surface area contributed by atoms with Crippen molar-refractivity contribution in [3.05, 3.63) is 34.0 Å². The summed E-state index contributed by atoms with van der Waals surface area (Å²) < 4.78 is 45.5. The molecular formula is C17H17BrF3NO2. The largest absolute Gasteiger partial charge is 0.471 e. The molecular weight excluding hydrogens is 387 g/mol. The number of alkyl halides is 3. The molecule has 1 aliphatic heterocycles. The summed E-state index contributed by atoms with van der Waals surface area (Å²) in [5, 5.41) is 0.899. The normalized spacial score (nSPS) is 18.5. The highest BCUT2D eigenvalue weighted by atomic mass is 79.9. The zero-order chi connectivity index (χ0) is 17.5. The molecule has 2 heterocycles. The van der Waals surface area contributed by atoms with Gasteiger partial charge in [-0.15, -0.1) is 0 Å². The summed E-state index contributed by atoms with van der Waals surface area (Å²) in [6.07, 6.45) is -2.95. The number of halogens is 4. The van der Waals surface area contributed by atoms with Crippen molar-refractivity contribution in [2.75, 3.05) is 6.54 Å². The van der Waals surface area contributed by atoms with Crippen LogP contribution in [-0.4, -0.2) is 29.6 Å². The molecule has 0 saturated carbocycles. The second-order valence-electron chi connectivity index (χ2n) is 6.04. The van der Waals surface area contributed by atoms with Gasteiger partial charge in [-0.1, -0.05) is 29.3 Å². The van der Waals surface area contributed by atoms with Crippen molar-refractivity contribution in [1.82, 2.24) is 4.90 Å². The number of furan rings is 1. The Morgan fingerprint density at radius 1 is 1.42 bits per heavy atom. The van der Waals surface area contributed by atoms with E-state index in [0.29, 0.717) is 31.4 Å². The molecule has 130 valence electrons. The summed E-state index contributed by atoms with van der Waals surface area (Å²) >= 11 is 3.41. The number of carbonyl (C=O) groups excluding carboxylic acids is 1. The van der Waals surface area contributed by atoms with Crippen LogP contribution in [0.2, 0.25) is 0 Å². The van der Waals surface area contributed by atoms with Crippen LogP contribution in [-0.2, 0) is 17.6 Å². The zero-order valence-electron chi connectivity index (χ0n) is 13.1. The average Bonchev–Trinajstić information content (AvgIpc) is 2.73. The van der Waals surface area contributed by atoms with E-state index in [0.717, 1.165) is 25.9 Å². The minimum Gasteiger partial charge on any atom is -0.461 e. The van der Waals surface area contributed by atoms with E-state index in [1.54, 1.807) is 0 Å². The van der Waals surface area contributed by atoms with E-state index >= 15 is 0 Å². The van der Waals surface area contributed by atoms with Crippen LogP contribution in [0.1, 0.15) is 31.1 Å². The number of rotatable bonds is 2. The maximum absolute atomic E-state index is 12.9. The fourth-order valence-corrected chi connectivity index (χ4v) is 3.73. The Hall–Kier alpha value is -1.50. The minimum absolute atomic E-state index is 0.0527. The van der Waals surface area contributed by atoms with Gasteiger partial charge in [0.25, 0.3) is 0 Å². The first-order valence-corrected chi connectivity index (χ1v) is 8.68. The van der Waals surface area contributed by atoms with Gasteiger partial charge in [0.15, 0.2) is 0 Å². The molecule has 0 bridgehead atoms. The summed E-state index contributed by atoms with van der Waals surface area (Å²) in [6.45, 7) is 1.95. The zero-order valence-corrected chi connectivity index (χ0v) is 14.7. The lowest BCUT2D eigenvalue weighted by atomic mass is 10.0. The van der Waals surface area contributed by atoms with E-state index in [9.17, 15) is 18.0 Å². The Morgan fingerprint density at radius 2 is 2.17 bits per heavy atom. The molecule has 0 fully saturated rings. The van der Waals surface area contributed by atoms with Crippen LogP contribution >= 0.6 is 15.9 Å². The van der Waals surface area contributed by atoms with Gasteiger partial charge in [0.1, 0.15) is 11.3 Å². The Morgan fingerprint density at radius 3 is 2.83 bits per heavy atom. The monoisotopic (exact) mass is 403 g/mol. The van der Waals surface area contributed by atoms with Crippen LogP contribution in [0.3, 0.4) is 0 Å². The highest BCUT2D eigenvalue weighted by molar-refractivity contribution is 9.10. The molecule has 3 nitrogen and oxygen atoms in total. The third-order valence-corrected chi connectivity index (χ3v) is 4.92. The summed E-state index contributed by atoms with van der Waals surface area (Å²) in [4.78, 5) is 12.8. The van der Waals surface area contributed by atoms with Crippen LogP contribution in [0, 0.1) is 0 Å². The maximum atomic E-state index is 12.9. The summed E-state index contributed by atoms with van der Waals surface area (Å²) in [6, 6.07) is 5.14. The van der Waals surface area contributed by atoms with Gasteiger partial charge in [-0.3, -0.25) is 4.79 Å². The predicted molar refractivity (Wildman–Crippen MR) is 87.8 cm³/mol. The third-order valence-electron chi connectivity index (χ3n) is 4.43. The first-order valence-electron chi connectivity index (χ1n) is 7.89. The smallest absolute Gasteiger partial charge is 0.461 e. The van der Waals surface area contributed by atoms with Gasteiger partial charge in [0.05, 0.1) is 0 Å². The number of nitrogens with zero attached hydrogens (tertiary/aromatic N) is 1. The lowest BCUT2D eigenvalue weighted by Crippen LogP contribution is -2.48. The molecule has 0 saturated heterocycles. The van der Waals surface area contributed by atoms with E-state index in [4.69, 9.17) is 4.42 Å². The van der Waals surface area contributed by atoms with Crippen LogP contribution in [0.4, 0.5) is 13.2 Å². The van der Waals surface area contributed by atoms with Crippen molar-refractivity contribution >= 4 is 32.8 Å². The van der Waals surface area contributed by atoms with Gasteiger partial charge < -0.3 is 9.32 Å². The molecule has 0 aliphatic carbocycles. The third kappa shape index (κ3) is 3.18. The average molecular weight is 404 g/mol. The van der Waals surface area contributed by atoms with E-state index in [2.05, 4.69) is 15.9 Å². The summed E-state index contributed by atoms with van der Waals surface area (Å²) in [5.74, 6) is -1.06.